The van der Waals surface area contributed by atoms with E-state index in [1.807, 2.05) is 16.0 Å². The van der Waals surface area contributed by atoms with Gasteiger partial charge in [-0.15, -0.1) is 0 Å². The van der Waals surface area contributed by atoms with Gasteiger partial charge in [0.25, 0.3) is 29.5 Å². The molecule has 4 aromatic rings. The number of nitrogens with two attached hydrogens (primary N) is 9. The molecule has 0 aliphatic rings. The molecule has 0 saturated heterocycles. The highest BCUT2D eigenvalue weighted by molar-refractivity contribution is 6.00. The number of benzene rings is 3. The lowest BCUT2D eigenvalue weighted by Gasteiger charge is -2.30. The summed E-state index contributed by atoms with van der Waals surface area (Å²) in [6.07, 6.45) is -10.6. The van der Waals surface area contributed by atoms with Crippen LogP contribution in [0.3, 0.4) is 0 Å². The molecular formula is C35H44N22O11. The monoisotopic (exact) mass is 948 g/mol. The van der Waals surface area contributed by atoms with E-state index in [0.717, 1.165) is 11.0 Å². The summed E-state index contributed by atoms with van der Waals surface area (Å²) in [6, 6.07) is 13.2. The number of nitro groups is 1. The number of aliphatic hydroxyl groups is 1. The molecule has 0 spiro atoms. The minimum Gasteiger partial charge on any atom is -0.508 e. The fourth-order valence-corrected chi connectivity index (χ4v) is 5.72. The van der Waals surface area contributed by atoms with Gasteiger partial charge in [-0.25, -0.2) is 24.6 Å². The minimum absolute atomic E-state index is 0.0538. The molecule has 0 aliphatic heterocycles. The van der Waals surface area contributed by atoms with Gasteiger partial charge in [-0.1, -0.05) is 42.5 Å². The van der Waals surface area contributed by atoms with Crippen molar-refractivity contribution >= 4 is 81.7 Å². The third kappa shape index (κ3) is 13.7. The average Bonchev–Trinajstić information content (AvgIpc) is 3.76. The lowest BCUT2D eigenvalue weighted by Crippen LogP contribution is -2.58. The van der Waals surface area contributed by atoms with Gasteiger partial charge in [0.2, 0.25) is 42.3 Å². The van der Waals surface area contributed by atoms with Crippen LogP contribution in [0.1, 0.15) is 17.2 Å². The average molecular weight is 949 g/mol. The van der Waals surface area contributed by atoms with Gasteiger partial charge in [0.1, 0.15) is 11.8 Å². The molecule has 1 heterocycles. The Labute approximate surface area is 380 Å². The van der Waals surface area contributed by atoms with Crippen LogP contribution in [-0.4, -0.2) is 116 Å². The van der Waals surface area contributed by atoms with Crippen LogP contribution in [0.4, 0.5) is 11.4 Å². The van der Waals surface area contributed by atoms with E-state index in [-0.39, 0.29) is 34.6 Å². The van der Waals surface area contributed by atoms with Gasteiger partial charge in [-0.3, -0.25) is 38.9 Å². The topological polar surface area (TPSA) is 572 Å². The largest absolute Gasteiger partial charge is 0.508 e. The number of nitrogens with zero attached hydrogens (tertiary/aromatic N) is 8. The first-order valence-corrected chi connectivity index (χ1v) is 18.9. The lowest BCUT2D eigenvalue weighted by molar-refractivity contribution is -0.383. The number of aliphatic hydroxyl groups excluding tert-OH is 1. The number of guanidine groups is 4. The first-order chi connectivity index (χ1) is 32.1. The molecule has 33 heteroatoms. The van der Waals surface area contributed by atoms with E-state index in [4.69, 9.17) is 56.2 Å². The highest BCUT2D eigenvalue weighted by Gasteiger charge is 2.36. The third-order valence-corrected chi connectivity index (χ3v) is 8.62. The number of primary amides is 1. The zero-order valence-corrected chi connectivity index (χ0v) is 34.9. The fourth-order valence-electron chi connectivity index (χ4n) is 5.72. The van der Waals surface area contributed by atoms with Crippen LogP contribution < -0.4 is 83.1 Å². The van der Waals surface area contributed by atoms with E-state index in [2.05, 4.69) is 40.9 Å². The number of aromatic hydroxyl groups is 1. The Morgan fingerprint density at radius 3 is 1.54 bits per heavy atom. The van der Waals surface area contributed by atoms with Gasteiger partial charge >= 0.3 is 5.69 Å². The van der Waals surface area contributed by atoms with Crippen LogP contribution in [0.5, 0.6) is 5.75 Å². The van der Waals surface area contributed by atoms with Crippen molar-refractivity contribution in [1.29, 1.82) is 0 Å². The highest BCUT2D eigenvalue weighted by Crippen LogP contribution is 2.33. The van der Waals surface area contributed by atoms with E-state index in [1.54, 1.807) is 6.07 Å². The third-order valence-electron chi connectivity index (χ3n) is 8.62. The van der Waals surface area contributed by atoms with Crippen LogP contribution in [-0.2, 0) is 35.3 Å². The maximum atomic E-state index is 14.2. The summed E-state index contributed by atoms with van der Waals surface area (Å²) >= 11 is 0. The Balaban J connectivity index is 1.65. The second-order valence-electron chi connectivity index (χ2n) is 13.6. The number of phenolic OH excluding ortho intramolecular Hbond substituents is 1. The number of phenols is 1. The van der Waals surface area contributed by atoms with Gasteiger partial charge in [-0.05, 0) is 39.6 Å². The van der Waals surface area contributed by atoms with Crippen LogP contribution in [0.15, 0.2) is 91.3 Å². The van der Waals surface area contributed by atoms with E-state index in [0.29, 0.717) is 5.56 Å². The number of amides is 6. The molecule has 6 atom stereocenters. The Kier molecular flexibility index (Phi) is 16.7. The number of anilines is 1. The van der Waals surface area contributed by atoms with E-state index in [1.165, 1.54) is 54.6 Å². The van der Waals surface area contributed by atoms with Crippen LogP contribution in [0.2, 0.25) is 0 Å². The van der Waals surface area contributed by atoms with Crippen molar-refractivity contribution in [2.75, 3.05) is 4.90 Å². The zero-order valence-electron chi connectivity index (χ0n) is 34.9. The van der Waals surface area contributed by atoms with E-state index in [9.17, 15) is 49.1 Å². The molecule has 0 bridgehead atoms. The predicted octanol–water partition coefficient (Wildman–Crippen LogP) is -7.63. The van der Waals surface area contributed by atoms with Crippen molar-refractivity contribution in [2.24, 2.45) is 71.6 Å². The predicted molar refractivity (Wildman–Crippen MR) is 236 cm³/mol. The van der Waals surface area contributed by atoms with Gasteiger partial charge in [0.05, 0.1) is 10.6 Å². The number of nitro benzene ring substituents is 1. The summed E-state index contributed by atoms with van der Waals surface area (Å²) in [5.74, 6) is -11.1. The standard InChI is InChI=1S/C35H44N22O11/c36-21(59)22(50-32(37)38)46-27(61)24(52-34(41)42)48-29(63)25(53-35(43)44)49-28(62)23(51-33(39)40)47-26(60)18(14-4-2-1-3-5-14)45-30(64)31(65)56(12-13-6-8-15(58)9-7-13)16-10-11-17(57(66)67)20-19(16)54-68-55-20/h1-11,18,22-25,31,58,65H,12H2,(H2,36,59)(H,45,64)(H,46,61)(H,47,60)(H,48,63)(H,49,62)(H4,37,38,50)(H4,39,40,51)(H4,41,42,52)(H4,43,44,53). The summed E-state index contributed by atoms with van der Waals surface area (Å²) in [5.41, 5.74) is 47.9. The molecule has 68 heavy (non-hydrogen) atoms. The van der Waals surface area contributed by atoms with Crippen molar-refractivity contribution in [3.05, 3.63) is 88.0 Å². The van der Waals surface area contributed by atoms with Crippen LogP contribution in [0.25, 0.3) is 11.0 Å². The molecular weight excluding hydrogens is 905 g/mol. The molecule has 0 fully saturated rings. The number of fused-ring (bicyclic) bond motifs is 1. The Morgan fingerprint density at radius 2 is 1.07 bits per heavy atom. The Hall–Kier alpha value is -10.1. The number of aromatic nitrogens is 2. The quantitative estimate of drug-likeness (QED) is 0.0121. The molecule has 6 unspecified atom stereocenters. The second kappa shape index (κ2) is 22.5. The Morgan fingerprint density at radius 1 is 0.618 bits per heavy atom. The first kappa shape index (κ1) is 50.6. The van der Waals surface area contributed by atoms with Gasteiger partial charge in [0.15, 0.2) is 29.4 Å². The van der Waals surface area contributed by atoms with Crippen molar-refractivity contribution in [3.8, 4) is 5.75 Å². The van der Waals surface area contributed by atoms with Crippen molar-refractivity contribution in [2.45, 2.75) is 43.5 Å². The number of rotatable bonds is 21. The normalized spacial score (nSPS) is 13.2. The molecule has 360 valence electrons. The number of hydrogen-bond acceptors (Lipinski definition) is 18. The minimum atomic E-state index is -2.24. The molecule has 4 rings (SSSR count). The number of carbonyl (C=O) groups is 6. The van der Waals surface area contributed by atoms with Crippen molar-refractivity contribution in [3.63, 3.8) is 0 Å². The van der Waals surface area contributed by atoms with Gasteiger partial charge in [0, 0.05) is 12.6 Å². The van der Waals surface area contributed by atoms with Gasteiger partial charge < -0.3 is 93.3 Å². The van der Waals surface area contributed by atoms with Crippen molar-refractivity contribution in [1.82, 2.24) is 36.9 Å². The second-order valence-corrected chi connectivity index (χ2v) is 13.6. The Bertz CT molecular complexity index is 2640. The number of carbonyl (C=O) groups excluding carboxylic acids is 6. The molecule has 3 aromatic carbocycles. The van der Waals surface area contributed by atoms with E-state index >= 15 is 0 Å². The zero-order chi connectivity index (χ0) is 50.4. The maximum Gasteiger partial charge on any atom is 0.300 e. The van der Waals surface area contributed by atoms with Crippen LogP contribution in [0, 0.1) is 10.1 Å². The smallest absolute Gasteiger partial charge is 0.300 e. The van der Waals surface area contributed by atoms with Gasteiger partial charge in [-0.2, -0.15) is 0 Å². The fraction of sp³-hybridized carbons (Fsp3) is 0.200. The molecule has 0 saturated carbocycles. The lowest BCUT2D eigenvalue weighted by atomic mass is 10.1. The summed E-state index contributed by atoms with van der Waals surface area (Å²) < 4.78 is 4.76. The number of hydrogen-bond donors (Lipinski definition) is 16. The van der Waals surface area contributed by atoms with Crippen LogP contribution >= 0.6 is 0 Å². The summed E-state index contributed by atoms with van der Waals surface area (Å²) in [6.45, 7) is -0.322. The first-order valence-electron chi connectivity index (χ1n) is 18.9. The number of aliphatic imine (C=N–C) groups is 4. The summed E-state index contributed by atoms with van der Waals surface area (Å²) in [4.78, 5) is 107. The number of nitrogens with one attached hydrogen (secondary N) is 5. The SMILES string of the molecule is NC(=O)C(N=C(N)N)NC(=O)C(N=C(N)N)NC(=O)C(N=C(N)N)NC(=O)C(N=C(N)N)NC(=O)C(NC(=O)C(O)N(Cc1ccc(O)cc1)c1ccc([N+](=O)[O-])c2nonc12)c1ccccc1. The molecule has 6 amide bonds. The molecule has 25 N–H and O–H groups in total. The molecule has 33 nitrogen and oxygen atoms in total. The maximum absolute atomic E-state index is 14.2. The molecule has 0 aliphatic carbocycles. The number of non-ortho nitro benzene ring substituents is 1. The summed E-state index contributed by atoms with van der Waals surface area (Å²) in [7, 11) is 0. The summed E-state index contributed by atoms with van der Waals surface area (Å²) in [5, 5.41) is 51.2. The molecule has 1 aromatic heterocycles. The molecule has 0 radical (unpaired) electrons. The van der Waals surface area contributed by atoms with E-state index < -0.39 is 107 Å². The highest BCUT2D eigenvalue weighted by atomic mass is 16.6. The van der Waals surface area contributed by atoms with Crippen molar-refractivity contribution < 1.29 is 48.5 Å².